The van der Waals surface area contributed by atoms with Gasteiger partial charge >= 0.3 is 0 Å². The van der Waals surface area contributed by atoms with Gasteiger partial charge in [0.05, 0.1) is 5.52 Å². The summed E-state index contributed by atoms with van der Waals surface area (Å²) in [7, 11) is 0. The highest BCUT2D eigenvalue weighted by Crippen LogP contribution is 2.34. The van der Waals surface area contributed by atoms with Crippen molar-refractivity contribution in [1.82, 2.24) is 14.9 Å². The minimum absolute atomic E-state index is 1.00. The maximum Gasteiger partial charge on any atom is 0.0539 e. The van der Waals surface area contributed by atoms with Crippen LogP contribution in [0.15, 0.2) is 73.1 Å². The van der Waals surface area contributed by atoms with Crippen molar-refractivity contribution in [2.75, 3.05) is 6.54 Å². The van der Waals surface area contributed by atoms with E-state index in [1.54, 1.807) is 0 Å². The standard InChI is InChI=1S/C24H23N3/c1-2-7-18(8-3-1)16-27-14-6-12-23-22(17-27)21-11-4-10-20(24(21)26-23)19-9-5-13-25-15-19/h1-5,7-11,13,15,26H,6,12,14,16-17H2. The average Bonchev–Trinajstić information content (AvgIpc) is 2.94. The molecule has 0 amide bonds. The van der Waals surface area contributed by atoms with E-state index in [9.17, 15) is 0 Å². The lowest BCUT2D eigenvalue weighted by Gasteiger charge is -2.20. The summed E-state index contributed by atoms with van der Waals surface area (Å²) in [5.74, 6) is 0. The zero-order chi connectivity index (χ0) is 18.1. The smallest absolute Gasteiger partial charge is 0.0539 e. The van der Waals surface area contributed by atoms with Crippen LogP contribution in [0.1, 0.15) is 23.2 Å². The van der Waals surface area contributed by atoms with Gasteiger partial charge in [0.2, 0.25) is 0 Å². The molecule has 0 saturated heterocycles. The maximum atomic E-state index is 4.30. The molecule has 0 atom stereocenters. The summed E-state index contributed by atoms with van der Waals surface area (Å²) in [6, 6.07) is 21.6. The molecule has 3 nitrogen and oxygen atoms in total. The monoisotopic (exact) mass is 353 g/mol. The Labute approximate surface area is 159 Å². The predicted molar refractivity (Wildman–Crippen MR) is 110 cm³/mol. The fourth-order valence-electron chi connectivity index (χ4n) is 4.24. The number of nitrogens with zero attached hydrogens (tertiary/aromatic N) is 2. The number of aromatic amines is 1. The number of H-pyrrole nitrogens is 1. The van der Waals surface area contributed by atoms with Gasteiger partial charge in [-0.2, -0.15) is 0 Å². The SMILES string of the molecule is c1ccc(CN2CCCc3[nH]c4c(-c5cccnc5)cccc4c3C2)cc1. The van der Waals surface area contributed by atoms with Crippen LogP contribution in [-0.4, -0.2) is 21.4 Å². The number of hydrogen-bond donors (Lipinski definition) is 1. The molecule has 0 fully saturated rings. The third-order valence-corrected chi connectivity index (χ3v) is 5.53. The Morgan fingerprint density at radius 1 is 0.963 bits per heavy atom. The highest BCUT2D eigenvalue weighted by Gasteiger charge is 2.20. The van der Waals surface area contributed by atoms with Crippen LogP contribution in [0.5, 0.6) is 0 Å². The molecule has 0 saturated carbocycles. The van der Waals surface area contributed by atoms with Crippen LogP contribution in [0.4, 0.5) is 0 Å². The van der Waals surface area contributed by atoms with Crippen molar-refractivity contribution < 1.29 is 0 Å². The van der Waals surface area contributed by atoms with E-state index in [0.717, 1.165) is 26.1 Å². The van der Waals surface area contributed by atoms with Gasteiger partial charge in [0.1, 0.15) is 0 Å². The van der Waals surface area contributed by atoms with Crippen molar-refractivity contribution in [1.29, 1.82) is 0 Å². The molecule has 27 heavy (non-hydrogen) atoms. The summed E-state index contributed by atoms with van der Waals surface area (Å²) >= 11 is 0. The van der Waals surface area contributed by atoms with Gasteiger partial charge in [-0.05, 0) is 36.6 Å². The number of fused-ring (bicyclic) bond motifs is 3. The Morgan fingerprint density at radius 3 is 2.74 bits per heavy atom. The molecule has 2 aromatic heterocycles. The first kappa shape index (κ1) is 16.3. The Balaban J connectivity index is 1.53. The van der Waals surface area contributed by atoms with E-state index in [1.165, 1.54) is 45.3 Å². The van der Waals surface area contributed by atoms with Gasteiger partial charge in [-0.15, -0.1) is 0 Å². The van der Waals surface area contributed by atoms with Crippen LogP contribution in [0.3, 0.4) is 0 Å². The third kappa shape index (κ3) is 3.15. The van der Waals surface area contributed by atoms with E-state index in [2.05, 4.69) is 69.5 Å². The van der Waals surface area contributed by atoms with E-state index in [4.69, 9.17) is 0 Å². The van der Waals surface area contributed by atoms with Gasteiger partial charge < -0.3 is 4.98 Å². The second-order valence-corrected chi connectivity index (χ2v) is 7.35. The first-order valence-corrected chi connectivity index (χ1v) is 9.67. The topological polar surface area (TPSA) is 31.9 Å². The first-order valence-electron chi connectivity index (χ1n) is 9.67. The first-order chi connectivity index (χ1) is 13.4. The minimum atomic E-state index is 1.00. The third-order valence-electron chi connectivity index (χ3n) is 5.53. The molecule has 1 aliphatic heterocycles. The molecule has 1 aliphatic rings. The Kier molecular flexibility index (Phi) is 4.23. The van der Waals surface area contributed by atoms with Crippen LogP contribution in [0, 0.1) is 0 Å². The summed E-state index contributed by atoms with van der Waals surface area (Å²) in [6.45, 7) is 3.15. The van der Waals surface area contributed by atoms with Crippen molar-refractivity contribution in [3.05, 3.63) is 89.9 Å². The maximum absolute atomic E-state index is 4.30. The van der Waals surface area contributed by atoms with Gasteiger partial charge in [0.25, 0.3) is 0 Å². The minimum Gasteiger partial charge on any atom is -0.358 e. The molecule has 0 aliphatic carbocycles. The van der Waals surface area contributed by atoms with Crippen LogP contribution >= 0.6 is 0 Å². The highest BCUT2D eigenvalue weighted by atomic mass is 15.1. The molecule has 3 heteroatoms. The summed E-state index contributed by atoms with van der Waals surface area (Å²) in [5, 5.41) is 1.35. The van der Waals surface area contributed by atoms with Gasteiger partial charge in [-0.1, -0.05) is 54.6 Å². The summed E-state index contributed by atoms with van der Waals surface area (Å²) in [5.41, 5.74) is 7.90. The zero-order valence-electron chi connectivity index (χ0n) is 15.4. The van der Waals surface area contributed by atoms with E-state index in [-0.39, 0.29) is 0 Å². The van der Waals surface area contributed by atoms with E-state index < -0.39 is 0 Å². The lowest BCUT2D eigenvalue weighted by molar-refractivity contribution is 0.262. The van der Waals surface area contributed by atoms with E-state index in [0.29, 0.717) is 0 Å². The van der Waals surface area contributed by atoms with Crippen LogP contribution in [-0.2, 0) is 19.5 Å². The number of para-hydroxylation sites is 1. The molecular formula is C24H23N3. The highest BCUT2D eigenvalue weighted by molar-refractivity contribution is 5.96. The van der Waals surface area contributed by atoms with Crippen LogP contribution in [0.25, 0.3) is 22.0 Å². The van der Waals surface area contributed by atoms with Crippen molar-refractivity contribution >= 4 is 10.9 Å². The lowest BCUT2D eigenvalue weighted by atomic mass is 10.0. The largest absolute Gasteiger partial charge is 0.358 e. The van der Waals surface area contributed by atoms with Crippen LogP contribution in [0.2, 0.25) is 0 Å². The molecule has 5 rings (SSSR count). The van der Waals surface area contributed by atoms with Crippen molar-refractivity contribution in [2.45, 2.75) is 25.9 Å². The molecule has 134 valence electrons. The summed E-state index contributed by atoms with van der Waals surface area (Å²) < 4.78 is 0. The predicted octanol–water partition coefficient (Wildman–Crippen LogP) is 5.18. The number of rotatable bonds is 3. The number of aryl methyl sites for hydroxylation is 1. The molecule has 0 bridgehead atoms. The van der Waals surface area contributed by atoms with Crippen molar-refractivity contribution in [2.24, 2.45) is 0 Å². The number of hydrogen-bond acceptors (Lipinski definition) is 2. The molecular weight excluding hydrogens is 330 g/mol. The normalized spacial score (nSPS) is 14.8. The molecule has 4 aromatic rings. The van der Waals surface area contributed by atoms with Crippen molar-refractivity contribution in [3.63, 3.8) is 0 Å². The quantitative estimate of drug-likeness (QED) is 0.550. The van der Waals surface area contributed by atoms with Gasteiger partial charge in [-0.3, -0.25) is 9.88 Å². The van der Waals surface area contributed by atoms with Gasteiger partial charge in [0.15, 0.2) is 0 Å². The van der Waals surface area contributed by atoms with Crippen molar-refractivity contribution in [3.8, 4) is 11.1 Å². The second kappa shape index (κ2) is 7.01. The number of nitrogens with one attached hydrogen (secondary N) is 1. The number of pyridine rings is 1. The fourth-order valence-corrected chi connectivity index (χ4v) is 4.24. The Hall–Kier alpha value is -2.91. The fraction of sp³-hybridized carbons (Fsp3) is 0.208. The van der Waals surface area contributed by atoms with E-state index >= 15 is 0 Å². The summed E-state index contributed by atoms with van der Waals surface area (Å²) in [6.07, 6.45) is 6.08. The molecule has 3 heterocycles. The van der Waals surface area contributed by atoms with Gasteiger partial charge in [-0.25, -0.2) is 0 Å². The zero-order valence-corrected chi connectivity index (χ0v) is 15.4. The Bertz CT molecular complexity index is 1050. The molecule has 0 radical (unpaired) electrons. The van der Waals surface area contributed by atoms with E-state index in [1.807, 2.05) is 18.5 Å². The van der Waals surface area contributed by atoms with Gasteiger partial charge in [0, 0.05) is 47.7 Å². The number of benzene rings is 2. The molecule has 0 spiro atoms. The van der Waals surface area contributed by atoms with Crippen LogP contribution < -0.4 is 0 Å². The Morgan fingerprint density at radius 2 is 1.89 bits per heavy atom. The molecule has 0 unspecified atom stereocenters. The second-order valence-electron chi connectivity index (χ2n) is 7.35. The average molecular weight is 353 g/mol. The molecule has 2 aromatic carbocycles. The molecule has 1 N–H and O–H groups in total. The summed E-state index contributed by atoms with van der Waals surface area (Å²) in [4.78, 5) is 10.6. The lowest BCUT2D eigenvalue weighted by Crippen LogP contribution is -2.22. The number of aromatic nitrogens is 2.